The second-order valence-corrected chi connectivity index (χ2v) is 5.90. The highest BCUT2D eigenvalue weighted by Gasteiger charge is 2.02. The number of benzene rings is 2. The van der Waals surface area contributed by atoms with Crippen LogP contribution in [-0.4, -0.2) is 17.2 Å². The lowest BCUT2D eigenvalue weighted by Gasteiger charge is -2.02. The van der Waals surface area contributed by atoms with Crippen LogP contribution in [0, 0.1) is 6.92 Å². The maximum absolute atomic E-state index is 11.7. The Morgan fingerprint density at radius 3 is 2.73 bits per heavy atom. The lowest BCUT2D eigenvalue weighted by molar-refractivity contribution is -0.121. The molecule has 0 spiro atoms. The van der Waals surface area contributed by atoms with E-state index in [0.717, 1.165) is 10.0 Å². The van der Waals surface area contributed by atoms with Crippen LogP contribution in [0.5, 0.6) is 5.75 Å². The average Bonchev–Trinajstić information content (AvgIpc) is 2.50. The van der Waals surface area contributed by atoms with E-state index in [4.69, 9.17) is 0 Å². The van der Waals surface area contributed by atoms with Gasteiger partial charge in [-0.25, -0.2) is 5.43 Å². The first-order valence-corrected chi connectivity index (χ1v) is 7.70. The van der Waals surface area contributed by atoms with Gasteiger partial charge in [-0.1, -0.05) is 45.8 Å². The highest BCUT2D eigenvalue weighted by atomic mass is 79.9. The van der Waals surface area contributed by atoms with Gasteiger partial charge in [0.15, 0.2) is 0 Å². The van der Waals surface area contributed by atoms with Gasteiger partial charge in [-0.15, -0.1) is 0 Å². The number of phenols is 1. The maximum atomic E-state index is 11.7. The second-order valence-electron chi connectivity index (χ2n) is 4.98. The fraction of sp³-hybridized carbons (Fsp3) is 0.176. The van der Waals surface area contributed by atoms with E-state index in [1.54, 1.807) is 18.2 Å². The number of phenolic OH excluding ortho intramolecular Hbond substituents is 1. The first-order valence-electron chi connectivity index (χ1n) is 6.90. The van der Waals surface area contributed by atoms with Crippen LogP contribution in [0.3, 0.4) is 0 Å². The first kappa shape index (κ1) is 16.2. The van der Waals surface area contributed by atoms with Crippen LogP contribution in [0.25, 0.3) is 0 Å². The molecule has 5 heteroatoms. The zero-order valence-electron chi connectivity index (χ0n) is 12.2. The zero-order chi connectivity index (χ0) is 15.9. The Hall–Kier alpha value is -2.14. The van der Waals surface area contributed by atoms with Crippen LogP contribution >= 0.6 is 15.9 Å². The van der Waals surface area contributed by atoms with Crippen molar-refractivity contribution in [3.63, 3.8) is 0 Å². The highest BCUT2D eigenvalue weighted by molar-refractivity contribution is 9.10. The quantitative estimate of drug-likeness (QED) is 0.632. The Morgan fingerprint density at radius 1 is 1.27 bits per heavy atom. The number of aromatic hydroxyl groups is 1. The molecule has 0 atom stereocenters. The molecule has 2 rings (SSSR count). The van der Waals surface area contributed by atoms with Crippen LogP contribution in [0.2, 0.25) is 0 Å². The van der Waals surface area contributed by atoms with Crippen molar-refractivity contribution in [2.75, 3.05) is 0 Å². The van der Waals surface area contributed by atoms with Gasteiger partial charge in [0.1, 0.15) is 5.75 Å². The Balaban J connectivity index is 1.83. The van der Waals surface area contributed by atoms with Crippen molar-refractivity contribution in [2.45, 2.75) is 19.8 Å². The van der Waals surface area contributed by atoms with Crippen LogP contribution in [0.15, 0.2) is 52.0 Å². The topological polar surface area (TPSA) is 61.7 Å². The van der Waals surface area contributed by atoms with Crippen molar-refractivity contribution in [3.05, 3.63) is 63.6 Å². The van der Waals surface area contributed by atoms with Crippen LogP contribution in [0.1, 0.15) is 23.1 Å². The monoisotopic (exact) mass is 360 g/mol. The molecule has 0 aliphatic carbocycles. The van der Waals surface area contributed by atoms with Gasteiger partial charge in [-0.3, -0.25) is 4.79 Å². The number of hydrogen-bond acceptors (Lipinski definition) is 3. The summed E-state index contributed by atoms with van der Waals surface area (Å²) in [6.07, 6.45) is 2.46. The number of hydrogen-bond donors (Lipinski definition) is 2. The molecule has 1 amide bonds. The van der Waals surface area contributed by atoms with E-state index in [1.165, 1.54) is 11.8 Å². The van der Waals surface area contributed by atoms with Crippen molar-refractivity contribution < 1.29 is 9.90 Å². The predicted molar refractivity (Wildman–Crippen MR) is 91.0 cm³/mol. The molecule has 0 aromatic heterocycles. The number of carbonyl (C=O) groups excluding carboxylic acids is 1. The van der Waals surface area contributed by atoms with Crippen LogP contribution in [-0.2, 0) is 11.2 Å². The molecule has 22 heavy (non-hydrogen) atoms. The van der Waals surface area contributed by atoms with Crippen molar-refractivity contribution in [1.82, 2.24) is 5.43 Å². The number of amides is 1. The van der Waals surface area contributed by atoms with Crippen molar-refractivity contribution >= 4 is 28.1 Å². The van der Waals surface area contributed by atoms with E-state index in [1.807, 2.05) is 31.2 Å². The molecule has 0 unspecified atom stereocenters. The Labute approximate surface area is 138 Å². The third-order valence-electron chi connectivity index (χ3n) is 3.14. The van der Waals surface area contributed by atoms with Crippen LogP contribution in [0.4, 0.5) is 0 Å². The minimum absolute atomic E-state index is 0.112. The molecule has 0 aliphatic rings. The molecule has 0 fully saturated rings. The van der Waals surface area contributed by atoms with Crippen molar-refractivity contribution in [2.24, 2.45) is 5.10 Å². The Kier molecular flexibility index (Phi) is 5.72. The van der Waals surface area contributed by atoms with E-state index in [-0.39, 0.29) is 11.7 Å². The molecule has 2 aromatic carbocycles. The molecule has 4 nitrogen and oxygen atoms in total. The van der Waals surface area contributed by atoms with Gasteiger partial charge in [0.05, 0.1) is 6.21 Å². The minimum Gasteiger partial charge on any atom is -0.507 e. The van der Waals surface area contributed by atoms with Gasteiger partial charge in [-0.05, 0) is 37.1 Å². The normalized spacial score (nSPS) is 10.8. The molecule has 0 heterocycles. The molecule has 114 valence electrons. The van der Waals surface area contributed by atoms with E-state index in [2.05, 4.69) is 26.5 Å². The van der Waals surface area contributed by atoms with Gasteiger partial charge in [-0.2, -0.15) is 5.10 Å². The van der Waals surface area contributed by atoms with E-state index in [9.17, 15) is 9.90 Å². The third kappa shape index (κ3) is 5.00. The van der Waals surface area contributed by atoms with Gasteiger partial charge in [0, 0.05) is 16.5 Å². The fourth-order valence-corrected chi connectivity index (χ4v) is 2.25. The second kappa shape index (κ2) is 7.75. The summed E-state index contributed by atoms with van der Waals surface area (Å²) < 4.78 is 0.831. The largest absolute Gasteiger partial charge is 0.507 e. The zero-order valence-corrected chi connectivity index (χ0v) is 13.8. The molecular weight excluding hydrogens is 344 g/mol. The van der Waals surface area contributed by atoms with Crippen LogP contribution < -0.4 is 5.43 Å². The van der Waals surface area contributed by atoms with E-state index >= 15 is 0 Å². The molecule has 0 saturated heterocycles. The minimum atomic E-state index is -0.161. The summed E-state index contributed by atoms with van der Waals surface area (Å²) in [6, 6.07) is 13.1. The summed E-state index contributed by atoms with van der Waals surface area (Å²) in [5, 5.41) is 13.5. The first-order chi connectivity index (χ1) is 10.5. The number of nitrogens with zero attached hydrogens (tertiary/aromatic N) is 1. The van der Waals surface area contributed by atoms with Gasteiger partial charge in [0.2, 0.25) is 5.91 Å². The predicted octanol–water partition coefficient (Wildman–Crippen LogP) is 3.55. The fourth-order valence-electron chi connectivity index (χ4n) is 1.87. The number of hydrazone groups is 1. The number of halogens is 1. The molecule has 2 aromatic rings. The van der Waals surface area contributed by atoms with Crippen molar-refractivity contribution in [1.29, 1.82) is 0 Å². The number of aryl methyl sites for hydroxylation is 2. The molecule has 0 saturated carbocycles. The summed E-state index contributed by atoms with van der Waals surface area (Å²) in [5.41, 5.74) is 5.32. The summed E-state index contributed by atoms with van der Waals surface area (Å²) in [6.45, 7) is 2.03. The number of carbonyl (C=O) groups is 1. The van der Waals surface area contributed by atoms with Crippen molar-refractivity contribution in [3.8, 4) is 5.75 Å². The summed E-state index contributed by atoms with van der Waals surface area (Å²) in [7, 11) is 0. The van der Waals surface area contributed by atoms with Gasteiger partial charge < -0.3 is 5.11 Å². The summed E-state index contributed by atoms with van der Waals surface area (Å²) in [4.78, 5) is 11.7. The summed E-state index contributed by atoms with van der Waals surface area (Å²) >= 11 is 3.31. The maximum Gasteiger partial charge on any atom is 0.240 e. The molecule has 0 aliphatic heterocycles. The third-order valence-corrected chi connectivity index (χ3v) is 3.64. The molecule has 0 bridgehead atoms. The van der Waals surface area contributed by atoms with E-state index < -0.39 is 0 Å². The lowest BCUT2D eigenvalue weighted by Crippen LogP contribution is -2.17. The van der Waals surface area contributed by atoms with Gasteiger partial charge >= 0.3 is 0 Å². The molecule has 2 N–H and O–H groups in total. The molecule has 0 radical (unpaired) electrons. The van der Waals surface area contributed by atoms with E-state index in [0.29, 0.717) is 18.4 Å². The highest BCUT2D eigenvalue weighted by Crippen LogP contribution is 2.19. The number of rotatable bonds is 5. The van der Waals surface area contributed by atoms with Gasteiger partial charge in [0.25, 0.3) is 0 Å². The molecular formula is C17H17BrN2O2. The lowest BCUT2D eigenvalue weighted by atomic mass is 10.1. The average molecular weight is 361 g/mol. The summed E-state index contributed by atoms with van der Waals surface area (Å²) in [5.74, 6) is -0.0489. The Bertz CT molecular complexity index is 682. The SMILES string of the molecule is Cc1ccc(CCC(=O)N/N=C\c2cc(Br)ccc2O)cc1. The smallest absolute Gasteiger partial charge is 0.240 e. The standard InChI is InChI=1S/C17H17BrN2O2/c1-12-2-4-13(5-3-12)6-9-17(22)20-19-11-14-10-15(18)7-8-16(14)21/h2-5,7-8,10-11,21H,6,9H2,1H3,(H,20,22)/b19-11-. The number of nitrogens with one attached hydrogen (secondary N) is 1. The Morgan fingerprint density at radius 2 is 2.00 bits per heavy atom.